The number of halogens is 1. The standard InChI is InChI=1S/C28H22FN3O3/c29-22-14-8-16-24(18-22)30-27(34)21-13-7-15-23(17-21)31-28(35)25(19-9-3-1-4-10-19)32-26(33)20-11-5-2-6-12-20/h1-18,25H,(H,30,34)(H,31,35)(H,32,33). The van der Waals surface area contributed by atoms with Crippen molar-refractivity contribution in [3.05, 3.63) is 132 Å². The highest BCUT2D eigenvalue weighted by atomic mass is 19.1. The molecule has 3 amide bonds. The molecule has 3 N–H and O–H groups in total. The van der Waals surface area contributed by atoms with Crippen molar-refractivity contribution < 1.29 is 18.8 Å². The Kier molecular flexibility index (Phi) is 7.28. The van der Waals surface area contributed by atoms with Crippen LogP contribution in [-0.4, -0.2) is 17.7 Å². The number of carbonyl (C=O) groups excluding carboxylic acids is 3. The van der Waals surface area contributed by atoms with Gasteiger partial charge >= 0.3 is 0 Å². The molecule has 4 aromatic carbocycles. The highest BCUT2D eigenvalue weighted by Crippen LogP contribution is 2.19. The summed E-state index contributed by atoms with van der Waals surface area (Å²) in [5.74, 6) is -1.78. The maximum atomic E-state index is 13.4. The normalized spacial score (nSPS) is 11.2. The van der Waals surface area contributed by atoms with E-state index in [1.54, 1.807) is 78.9 Å². The van der Waals surface area contributed by atoms with E-state index in [1.165, 1.54) is 24.3 Å². The number of anilines is 2. The van der Waals surface area contributed by atoms with E-state index in [-0.39, 0.29) is 5.56 Å². The fraction of sp³-hybridized carbons (Fsp3) is 0.0357. The van der Waals surface area contributed by atoms with Crippen LogP contribution in [0.4, 0.5) is 15.8 Å². The van der Waals surface area contributed by atoms with Gasteiger partial charge in [-0.2, -0.15) is 0 Å². The molecule has 35 heavy (non-hydrogen) atoms. The van der Waals surface area contributed by atoms with Crippen LogP contribution in [0.3, 0.4) is 0 Å². The molecule has 1 unspecified atom stereocenters. The van der Waals surface area contributed by atoms with Crippen molar-refractivity contribution in [3.63, 3.8) is 0 Å². The van der Waals surface area contributed by atoms with Gasteiger partial charge in [0.2, 0.25) is 0 Å². The number of nitrogens with one attached hydrogen (secondary N) is 3. The van der Waals surface area contributed by atoms with E-state index in [9.17, 15) is 18.8 Å². The van der Waals surface area contributed by atoms with Crippen molar-refractivity contribution in [1.29, 1.82) is 0 Å². The number of benzene rings is 4. The zero-order valence-electron chi connectivity index (χ0n) is 18.6. The van der Waals surface area contributed by atoms with Gasteiger partial charge in [-0.3, -0.25) is 14.4 Å². The van der Waals surface area contributed by atoms with Crippen LogP contribution in [0.2, 0.25) is 0 Å². The highest BCUT2D eigenvalue weighted by molar-refractivity contribution is 6.06. The maximum absolute atomic E-state index is 13.4. The quantitative estimate of drug-likeness (QED) is 0.350. The molecule has 0 fully saturated rings. The third-order valence-electron chi connectivity index (χ3n) is 5.18. The number of carbonyl (C=O) groups is 3. The van der Waals surface area contributed by atoms with E-state index in [2.05, 4.69) is 16.0 Å². The van der Waals surface area contributed by atoms with Crippen molar-refractivity contribution in [2.24, 2.45) is 0 Å². The van der Waals surface area contributed by atoms with Crippen LogP contribution in [0.5, 0.6) is 0 Å². The Bertz CT molecular complexity index is 1340. The molecule has 4 rings (SSSR count). The van der Waals surface area contributed by atoms with Gasteiger partial charge in [-0.25, -0.2) is 4.39 Å². The summed E-state index contributed by atoms with van der Waals surface area (Å²) in [6.45, 7) is 0. The van der Waals surface area contributed by atoms with E-state index in [4.69, 9.17) is 0 Å². The molecule has 0 spiro atoms. The molecule has 6 nitrogen and oxygen atoms in total. The van der Waals surface area contributed by atoms with E-state index in [0.29, 0.717) is 22.5 Å². The maximum Gasteiger partial charge on any atom is 0.255 e. The molecule has 174 valence electrons. The molecule has 0 aliphatic heterocycles. The molecular weight excluding hydrogens is 445 g/mol. The molecule has 0 bridgehead atoms. The predicted octanol–water partition coefficient (Wildman–Crippen LogP) is 5.19. The zero-order chi connectivity index (χ0) is 24.6. The van der Waals surface area contributed by atoms with Gasteiger partial charge in [0.25, 0.3) is 17.7 Å². The highest BCUT2D eigenvalue weighted by Gasteiger charge is 2.23. The summed E-state index contributed by atoms with van der Waals surface area (Å²) in [5, 5.41) is 8.17. The first kappa shape index (κ1) is 23.4. The number of hydrogen-bond donors (Lipinski definition) is 3. The minimum atomic E-state index is -0.964. The van der Waals surface area contributed by atoms with Crippen molar-refractivity contribution in [1.82, 2.24) is 5.32 Å². The van der Waals surface area contributed by atoms with Crippen molar-refractivity contribution in [2.45, 2.75) is 6.04 Å². The molecule has 1 atom stereocenters. The van der Waals surface area contributed by atoms with Gasteiger partial charge in [-0.1, -0.05) is 60.7 Å². The molecule has 0 radical (unpaired) electrons. The van der Waals surface area contributed by atoms with Gasteiger partial charge < -0.3 is 16.0 Å². The van der Waals surface area contributed by atoms with Crippen LogP contribution < -0.4 is 16.0 Å². The Morgan fingerprint density at radius 3 is 1.89 bits per heavy atom. The molecular formula is C28H22FN3O3. The van der Waals surface area contributed by atoms with Gasteiger partial charge in [-0.05, 0) is 54.1 Å². The van der Waals surface area contributed by atoms with Crippen LogP contribution >= 0.6 is 0 Å². The summed E-state index contributed by atoms with van der Waals surface area (Å²) in [4.78, 5) is 38.6. The largest absolute Gasteiger partial charge is 0.336 e. The number of amides is 3. The first-order valence-electron chi connectivity index (χ1n) is 10.9. The van der Waals surface area contributed by atoms with Crippen LogP contribution in [0, 0.1) is 5.82 Å². The Labute approximate surface area is 201 Å². The van der Waals surface area contributed by atoms with E-state index >= 15 is 0 Å². The lowest BCUT2D eigenvalue weighted by Gasteiger charge is -2.19. The van der Waals surface area contributed by atoms with Crippen LogP contribution in [0.1, 0.15) is 32.3 Å². The molecule has 0 aliphatic carbocycles. The molecule has 0 aliphatic rings. The molecule has 0 saturated carbocycles. The third-order valence-corrected chi connectivity index (χ3v) is 5.18. The van der Waals surface area contributed by atoms with Gasteiger partial charge in [0.05, 0.1) is 0 Å². The van der Waals surface area contributed by atoms with E-state index < -0.39 is 29.6 Å². The van der Waals surface area contributed by atoms with Crippen molar-refractivity contribution >= 4 is 29.1 Å². The summed E-state index contributed by atoms with van der Waals surface area (Å²) >= 11 is 0. The second-order valence-corrected chi connectivity index (χ2v) is 7.72. The second kappa shape index (κ2) is 10.9. The lowest BCUT2D eigenvalue weighted by atomic mass is 10.0. The van der Waals surface area contributed by atoms with Gasteiger partial charge in [0, 0.05) is 22.5 Å². The SMILES string of the molecule is O=C(Nc1cccc(F)c1)c1cccc(NC(=O)C(NC(=O)c2ccccc2)c2ccccc2)c1. The van der Waals surface area contributed by atoms with Crippen molar-refractivity contribution in [3.8, 4) is 0 Å². The first-order valence-corrected chi connectivity index (χ1v) is 10.9. The molecule has 7 heteroatoms. The minimum Gasteiger partial charge on any atom is -0.336 e. The van der Waals surface area contributed by atoms with Crippen LogP contribution in [-0.2, 0) is 4.79 Å². The van der Waals surface area contributed by atoms with Crippen molar-refractivity contribution in [2.75, 3.05) is 10.6 Å². The zero-order valence-corrected chi connectivity index (χ0v) is 18.6. The fourth-order valence-corrected chi connectivity index (χ4v) is 3.47. The first-order chi connectivity index (χ1) is 17.0. The second-order valence-electron chi connectivity index (χ2n) is 7.72. The smallest absolute Gasteiger partial charge is 0.255 e. The Morgan fingerprint density at radius 1 is 0.600 bits per heavy atom. The minimum absolute atomic E-state index is 0.275. The lowest BCUT2D eigenvalue weighted by molar-refractivity contribution is -0.118. The summed E-state index contributed by atoms with van der Waals surface area (Å²) in [7, 11) is 0. The topological polar surface area (TPSA) is 87.3 Å². The van der Waals surface area contributed by atoms with Gasteiger partial charge in [0.15, 0.2) is 0 Å². The molecule has 0 aromatic heterocycles. The van der Waals surface area contributed by atoms with E-state index in [1.807, 2.05) is 6.07 Å². The van der Waals surface area contributed by atoms with Crippen LogP contribution in [0.15, 0.2) is 109 Å². The molecule has 4 aromatic rings. The molecule has 0 heterocycles. The number of rotatable bonds is 7. The predicted molar refractivity (Wildman–Crippen MR) is 133 cm³/mol. The summed E-state index contributed by atoms with van der Waals surface area (Å²) in [5.41, 5.74) is 2.00. The molecule has 0 saturated heterocycles. The number of hydrogen-bond acceptors (Lipinski definition) is 3. The lowest BCUT2D eigenvalue weighted by Crippen LogP contribution is -2.37. The fourth-order valence-electron chi connectivity index (χ4n) is 3.47. The van der Waals surface area contributed by atoms with E-state index in [0.717, 1.165) is 0 Å². The average Bonchev–Trinajstić information content (AvgIpc) is 2.88. The summed E-state index contributed by atoms with van der Waals surface area (Å²) in [6, 6.07) is 28.4. The average molecular weight is 468 g/mol. The van der Waals surface area contributed by atoms with Crippen LogP contribution in [0.25, 0.3) is 0 Å². The Balaban J connectivity index is 1.51. The Morgan fingerprint density at radius 2 is 1.20 bits per heavy atom. The summed E-state index contributed by atoms with van der Waals surface area (Å²) < 4.78 is 13.4. The van der Waals surface area contributed by atoms with Gasteiger partial charge in [0.1, 0.15) is 11.9 Å². The monoisotopic (exact) mass is 467 g/mol. The summed E-state index contributed by atoms with van der Waals surface area (Å²) in [6.07, 6.45) is 0. The Hall–Kier alpha value is -4.78. The third kappa shape index (κ3) is 6.17. The van der Waals surface area contributed by atoms with Gasteiger partial charge in [-0.15, -0.1) is 0 Å².